The molecule has 1 aromatic heterocycles. The Morgan fingerprint density at radius 1 is 1.21 bits per heavy atom. The molecule has 7 nitrogen and oxygen atoms in total. The Bertz CT molecular complexity index is 1140. The van der Waals surface area contributed by atoms with Crippen molar-refractivity contribution < 1.29 is 14.6 Å². The highest BCUT2D eigenvalue weighted by atomic mass is 16.5. The van der Waals surface area contributed by atoms with Crippen LogP contribution in [0.4, 0.5) is 5.69 Å². The number of carbonyl (C=O) groups excluding carboxylic acids is 1. The number of esters is 1. The number of fused-ring (bicyclic) bond motifs is 1. The van der Waals surface area contributed by atoms with Gasteiger partial charge in [0, 0.05) is 12.7 Å². The topological polar surface area (TPSA) is 91.4 Å². The Morgan fingerprint density at radius 2 is 1.93 bits per heavy atom. The Hall–Kier alpha value is -3.61. The van der Waals surface area contributed by atoms with Crippen molar-refractivity contribution in [2.24, 2.45) is 7.05 Å². The number of rotatable bonds is 3. The molecule has 0 saturated carbocycles. The number of aryl methyl sites for hydroxylation is 2. The number of aromatic nitrogens is 2. The summed E-state index contributed by atoms with van der Waals surface area (Å²) < 4.78 is 6.60. The van der Waals surface area contributed by atoms with Gasteiger partial charge >= 0.3 is 5.97 Å². The zero-order valence-corrected chi connectivity index (χ0v) is 15.9. The lowest BCUT2D eigenvalue weighted by atomic mass is 10.2. The summed E-state index contributed by atoms with van der Waals surface area (Å²) >= 11 is 0. The zero-order valence-electron chi connectivity index (χ0n) is 15.9. The summed E-state index contributed by atoms with van der Waals surface area (Å²) in [5, 5.41) is 19.2. The van der Waals surface area contributed by atoms with Gasteiger partial charge in [0.2, 0.25) is 0 Å². The van der Waals surface area contributed by atoms with E-state index in [1.165, 1.54) is 7.11 Å². The average molecular weight is 376 g/mol. The third-order valence-corrected chi connectivity index (χ3v) is 4.96. The number of methoxy groups -OCH3 is 1. The maximum absolute atomic E-state index is 11.6. The summed E-state index contributed by atoms with van der Waals surface area (Å²) in [6.07, 6.45) is 0. The number of hydrogen-bond acceptors (Lipinski definition) is 5. The second kappa shape index (κ2) is 6.53. The van der Waals surface area contributed by atoms with Gasteiger partial charge in [-0.05, 0) is 48.9 Å². The largest absolute Gasteiger partial charge is 0.509 e. The van der Waals surface area contributed by atoms with Crippen LogP contribution in [-0.4, -0.2) is 40.1 Å². The third-order valence-electron chi connectivity index (χ3n) is 4.96. The van der Waals surface area contributed by atoms with E-state index >= 15 is 0 Å². The normalized spacial score (nSPS) is 14.2. The number of nitrogens with one attached hydrogen (secondary N) is 1. The number of carbonyl (C=O) groups is 1. The van der Waals surface area contributed by atoms with Gasteiger partial charge in [0.15, 0.2) is 0 Å². The number of benzene rings is 2. The van der Waals surface area contributed by atoms with E-state index in [2.05, 4.69) is 4.98 Å². The molecule has 142 valence electrons. The minimum Gasteiger partial charge on any atom is -0.509 e. The van der Waals surface area contributed by atoms with E-state index in [-0.39, 0.29) is 18.1 Å². The summed E-state index contributed by atoms with van der Waals surface area (Å²) in [6, 6.07) is 12.7. The smallest absolute Gasteiger partial charge is 0.337 e. The fourth-order valence-electron chi connectivity index (χ4n) is 3.46. The summed E-state index contributed by atoms with van der Waals surface area (Å²) in [5.41, 5.74) is 4.41. The first-order valence-electron chi connectivity index (χ1n) is 8.81. The van der Waals surface area contributed by atoms with Crippen LogP contribution in [0.2, 0.25) is 0 Å². The van der Waals surface area contributed by atoms with Gasteiger partial charge in [-0.15, -0.1) is 0 Å². The standard InChI is InChI=1S/C21H20N4O3/c1-12-4-9-16-15(10-12)23-20(24(16)2)18-17(26)11-25(19(18)22)14-7-5-13(6-8-14)21(27)28-3/h4-10,22,26H,11H2,1-3H3. The van der Waals surface area contributed by atoms with E-state index < -0.39 is 5.97 Å². The lowest BCUT2D eigenvalue weighted by molar-refractivity contribution is 0.0600. The van der Waals surface area contributed by atoms with E-state index in [9.17, 15) is 9.90 Å². The Kier molecular flexibility index (Phi) is 4.15. The molecule has 0 atom stereocenters. The van der Waals surface area contributed by atoms with Gasteiger partial charge in [-0.3, -0.25) is 5.41 Å². The number of amidine groups is 1. The molecule has 0 bridgehead atoms. The number of imidazole rings is 1. The first kappa shape index (κ1) is 17.8. The van der Waals surface area contributed by atoms with Crippen LogP contribution in [0.25, 0.3) is 16.6 Å². The Morgan fingerprint density at radius 3 is 2.61 bits per heavy atom. The van der Waals surface area contributed by atoms with Gasteiger partial charge in [-0.25, -0.2) is 9.78 Å². The SMILES string of the molecule is COC(=O)c1ccc(N2CC(O)=C(c3nc4cc(C)ccc4n3C)C2=N)cc1. The van der Waals surface area contributed by atoms with Crippen LogP contribution in [0.15, 0.2) is 48.2 Å². The van der Waals surface area contributed by atoms with Gasteiger partial charge < -0.3 is 19.3 Å². The van der Waals surface area contributed by atoms with Crippen LogP contribution in [0.5, 0.6) is 0 Å². The lowest BCUT2D eigenvalue weighted by Crippen LogP contribution is -2.26. The molecule has 1 aliphatic rings. The highest BCUT2D eigenvalue weighted by Crippen LogP contribution is 2.32. The average Bonchev–Trinajstić information content (AvgIpc) is 3.16. The number of aliphatic hydroxyl groups excluding tert-OH is 1. The minimum absolute atomic E-state index is 0.0946. The van der Waals surface area contributed by atoms with Crippen molar-refractivity contribution in [2.75, 3.05) is 18.6 Å². The van der Waals surface area contributed by atoms with Gasteiger partial charge in [-0.1, -0.05) is 6.07 Å². The molecule has 0 unspecified atom stereocenters. The maximum atomic E-state index is 11.6. The second-order valence-electron chi connectivity index (χ2n) is 6.78. The van der Waals surface area contributed by atoms with E-state index in [4.69, 9.17) is 10.1 Å². The van der Waals surface area contributed by atoms with E-state index in [0.29, 0.717) is 22.6 Å². The van der Waals surface area contributed by atoms with Crippen molar-refractivity contribution in [1.82, 2.24) is 9.55 Å². The fraction of sp³-hybridized carbons (Fsp3) is 0.190. The molecular formula is C21H20N4O3. The minimum atomic E-state index is -0.417. The highest BCUT2D eigenvalue weighted by Gasteiger charge is 2.32. The van der Waals surface area contributed by atoms with Crippen molar-refractivity contribution >= 4 is 34.1 Å². The molecule has 0 amide bonds. The van der Waals surface area contributed by atoms with Crippen molar-refractivity contribution in [3.63, 3.8) is 0 Å². The van der Waals surface area contributed by atoms with Gasteiger partial charge in [0.25, 0.3) is 0 Å². The summed E-state index contributed by atoms with van der Waals surface area (Å²) in [6.45, 7) is 2.18. The Balaban J connectivity index is 1.69. The molecule has 4 rings (SSSR count). The number of nitrogens with zero attached hydrogens (tertiary/aromatic N) is 3. The van der Waals surface area contributed by atoms with Crippen LogP contribution in [0.3, 0.4) is 0 Å². The molecular weight excluding hydrogens is 356 g/mol. The van der Waals surface area contributed by atoms with Crippen LogP contribution in [-0.2, 0) is 11.8 Å². The molecule has 0 saturated heterocycles. The highest BCUT2D eigenvalue weighted by molar-refractivity contribution is 6.30. The monoisotopic (exact) mass is 376 g/mol. The molecule has 0 radical (unpaired) electrons. The lowest BCUT2D eigenvalue weighted by Gasteiger charge is -2.19. The summed E-state index contributed by atoms with van der Waals surface area (Å²) in [4.78, 5) is 17.9. The molecule has 0 spiro atoms. The van der Waals surface area contributed by atoms with E-state index in [1.807, 2.05) is 36.7 Å². The van der Waals surface area contributed by atoms with Gasteiger partial charge in [0.1, 0.15) is 17.4 Å². The molecule has 28 heavy (non-hydrogen) atoms. The molecule has 2 aromatic carbocycles. The van der Waals surface area contributed by atoms with Crippen LogP contribution in [0, 0.1) is 12.3 Å². The molecule has 3 aromatic rings. The number of hydrogen-bond donors (Lipinski definition) is 2. The maximum Gasteiger partial charge on any atom is 0.337 e. The molecule has 2 N–H and O–H groups in total. The predicted octanol–water partition coefficient (Wildman–Crippen LogP) is 3.43. The van der Waals surface area contributed by atoms with Crippen molar-refractivity contribution in [1.29, 1.82) is 5.41 Å². The first-order chi connectivity index (χ1) is 13.4. The van der Waals surface area contributed by atoms with Gasteiger partial charge in [-0.2, -0.15) is 0 Å². The molecule has 7 heteroatoms. The van der Waals surface area contributed by atoms with Crippen LogP contribution in [0.1, 0.15) is 21.7 Å². The summed E-state index contributed by atoms with van der Waals surface area (Å²) in [5.74, 6) is 0.395. The van der Waals surface area contributed by atoms with Crippen molar-refractivity contribution in [3.05, 3.63) is 65.2 Å². The third kappa shape index (κ3) is 2.72. The first-order valence-corrected chi connectivity index (χ1v) is 8.81. The van der Waals surface area contributed by atoms with Crippen LogP contribution >= 0.6 is 0 Å². The van der Waals surface area contributed by atoms with Crippen LogP contribution < -0.4 is 4.90 Å². The van der Waals surface area contributed by atoms with E-state index in [0.717, 1.165) is 16.6 Å². The Labute approximate surface area is 162 Å². The molecule has 2 heterocycles. The van der Waals surface area contributed by atoms with Gasteiger partial charge in [0.05, 0.1) is 35.8 Å². The van der Waals surface area contributed by atoms with E-state index in [1.54, 1.807) is 29.2 Å². The van der Waals surface area contributed by atoms with Crippen molar-refractivity contribution in [2.45, 2.75) is 6.92 Å². The number of aliphatic hydroxyl groups is 1. The zero-order chi connectivity index (χ0) is 20.0. The number of anilines is 1. The predicted molar refractivity (Wildman–Crippen MR) is 108 cm³/mol. The second-order valence-corrected chi connectivity index (χ2v) is 6.78. The fourth-order valence-corrected chi connectivity index (χ4v) is 3.46. The quantitative estimate of drug-likeness (QED) is 0.683. The number of ether oxygens (including phenoxy) is 1. The molecule has 0 fully saturated rings. The molecule has 1 aliphatic heterocycles. The molecule has 0 aliphatic carbocycles. The summed E-state index contributed by atoms with van der Waals surface area (Å²) in [7, 11) is 3.21. The van der Waals surface area contributed by atoms with Crippen molar-refractivity contribution in [3.8, 4) is 0 Å².